The second-order valence-corrected chi connectivity index (χ2v) is 6.16. The number of carboxylic acids is 1. The van der Waals surface area contributed by atoms with Crippen LogP contribution in [0.3, 0.4) is 0 Å². The quantitative estimate of drug-likeness (QED) is 0.838. The van der Waals surface area contributed by atoms with Gasteiger partial charge in [-0.2, -0.15) is 0 Å². The van der Waals surface area contributed by atoms with Crippen molar-refractivity contribution < 1.29 is 27.8 Å². The summed E-state index contributed by atoms with van der Waals surface area (Å²) in [6, 6.07) is 9.87. The van der Waals surface area contributed by atoms with Gasteiger partial charge in [0.2, 0.25) is 0 Å². The average Bonchev–Trinajstić information content (AvgIpc) is 2.53. The van der Waals surface area contributed by atoms with Crippen molar-refractivity contribution in [2.45, 2.75) is 4.90 Å². The Morgan fingerprint density at radius 2 is 1.61 bits per heavy atom. The van der Waals surface area contributed by atoms with E-state index in [4.69, 9.17) is 14.6 Å². The smallest absolute Gasteiger partial charge is 0.337 e. The van der Waals surface area contributed by atoms with Crippen LogP contribution in [0.4, 0.5) is 5.69 Å². The number of nitrogens with one attached hydrogen (secondary N) is 1. The molecule has 122 valence electrons. The van der Waals surface area contributed by atoms with Gasteiger partial charge in [-0.15, -0.1) is 0 Å². The molecule has 0 aliphatic carbocycles. The maximum Gasteiger partial charge on any atom is 0.337 e. The first-order valence-electron chi connectivity index (χ1n) is 6.45. The van der Waals surface area contributed by atoms with Crippen LogP contribution >= 0.6 is 0 Å². The van der Waals surface area contributed by atoms with Crippen molar-refractivity contribution >= 4 is 21.7 Å². The summed E-state index contributed by atoms with van der Waals surface area (Å²) in [5.74, 6) is -0.531. The van der Waals surface area contributed by atoms with Crippen LogP contribution in [-0.4, -0.2) is 33.7 Å². The lowest BCUT2D eigenvalue weighted by atomic mass is 10.2. The monoisotopic (exact) mass is 337 g/mol. The molecule has 0 atom stereocenters. The molecule has 0 heterocycles. The van der Waals surface area contributed by atoms with E-state index < -0.39 is 16.0 Å². The fourth-order valence-corrected chi connectivity index (χ4v) is 3.19. The van der Waals surface area contributed by atoms with Crippen LogP contribution in [0, 0.1) is 0 Å². The number of carbonyl (C=O) groups is 1. The van der Waals surface area contributed by atoms with Crippen molar-refractivity contribution in [3.05, 3.63) is 48.0 Å². The molecular weight excluding hydrogens is 322 g/mol. The molecule has 7 nitrogen and oxygen atoms in total. The molecule has 2 aromatic carbocycles. The molecule has 0 unspecified atom stereocenters. The summed E-state index contributed by atoms with van der Waals surface area (Å²) in [5.41, 5.74) is -0.115. The van der Waals surface area contributed by atoms with Gasteiger partial charge in [-0.05, 0) is 12.1 Å². The largest absolute Gasteiger partial charge is 0.497 e. The number of ether oxygens (including phenoxy) is 2. The van der Waals surface area contributed by atoms with E-state index in [-0.39, 0.29) is 16.1 Å². The SMILES string of the molecule is COc1cc(NS(=O)(=O)c2ccccc2C(=O)O)cc(OC)c1. The zero-order chi connectivity index (χ0) is 17.0. The summed E-state index contributed by atoms with van der Waals surface area (Å²) in [5, 5.41) is 9.13. The van der Waals surface area contributed by atoms with Gasteiger partial charge in [-0.1, -0.05) is 12.1 Å². The van der Waals surface area contributed by atoms with E-state index in [0.29, 0.717) is 11.5 Å². The molecule has 2 N–H and O–H groups in total. The molecule has 0 bridgehead atoms. The Bertz CT molecular complexity index is 809. The predicted octanol–water partition coefficient (Wildman–Crippen LogP) is 2.20. The second kappa shape index (κ2) is 6.57. The normalized spacial score (nSPS) is 10.9. The van der Waals surface area contributed by atoms with Gasteiger partial charge < -0.3 is 14.6 Å². The van der Waals surface area contributed by atoms with Gasteiger partial charge >= 0.3 is 5.97 Å². The molecular formula is C15H15NO6S. The van der Waals surface area contributed by atoms with Crippen molar-refractivity contribution in [2.75, 3.05) is 18.9 Å². The van der Waals surface area contributed by atoms with E-state index in [1.54, 1.807) is 6.07 Å². The number of anilines is 1. The highest BCUT2D eigenvalue weighted by molar-refractivity contribution is 7.92. The van der Waals surface area contributed by atoms with Gasteiger partial charge in [0.25, 0.3) is 10.0 Å². The van der Waals surface area contributed by atoms with E-state index in [0.717, 1.165) is 0 Å². The summed E-state index contributed by atoms with van der Waals surface area (Å²) in [6.45, 7) is 0. The van der Waals surface area contributed by atoms with Gasteiger partial charge in [0.05, 0.1) is 25.5 Å². The van der Waals surface area contributed by atoms with Gasteiger partial charge in [-0.3, -0.25) is 4.72 Å². The van der Waals surface area contributed by atoms with E-state index in [2.05, 4.69) is 4.72 Å². The molecule has 0 aliphatic heterocycles. The maximum atomic E-state index is 12.5. The van der Waals surface area contributed by atoms with Crippen LogP contribution < -0.4 is 14.2 Å². The fraction of sp³-hybridized carbons (Fsp3) is 0.133. The van der Waals surface area contributed by atoms with Gasteiger partial charge in [0.15, 0.2) is 0 Å². The Hall–Kier alpha value is -2.74. The molecule has 8 heteroatoms. The van der Waals surface area contributed by atoms with Gasteiger partial charge in [0, 0.05) is 18.2 Å². The van der Waals surface area contributed by atoms with E-state index in [1.807, 2.05) is 0 Å². The highest BCUT2D eigenvalue weighted by Gasteiger charge is 2.22. The van der Waals surface area contributed by atoms with Crippen LogP contribution in [0.25, 0.3) is 0 Å². The minimum absolute atomic E-state index is 0.196. The molecule has 2 aromatic rings. The molecule has 0 saturated carbocycles. The Balaban J connectivity index is 2.45. The van der Waals surface area contributed by atoms with Crippen LogP contribution in [0.15, 0.2) is 47.4 Å². The number of carboxylic acid groups (broad SMARTS) is 1. The van der Waals surface area contributed by atoms with Crippen molar-refractivity contribution in [1.82, 2.24) is 0 Å². The van der Waals surface area contributed by atoms with Crippen molar-refractivity contribution in [1.29, 1.82) is 0 Å². The van der Waals surface area contributed by atoms with Gasteiger partial charge in [0.1, 0.15) is 16.4 Å². The lowest BCUT2D eigenvalue weighted by molar-refractivity contribution is 0.0692. The lowest BCUT2D eigenvalue weighted by Crippen LogP contribution is -2.16. The van der Waals surface area contributed by atoms with Crippen molar-refractivity contribution in [3.63, 3.8) is 0 Å². The third kappa shape index (κ3) is 3.72. The third-order valence-corrected chi connectivity index (χ3v) is 4.45. The first-order valence-corrected chi connectivity index (χ1v) is 7.94. The molecule has 0 radical (unpaired) electrons. The zero-order valence-electron chi connectivity index (χ0n) is 12.4. The Labute approximate surface area is 133 Å². The molecule has 0 fully saturated rings. The van der Waals surface area contributed by atoms with Gasteiger partial charge in [-0.25, -0.2) is 13.2 Å². The minimum atomic E-state index is -4.08. The first kappa shape index (κ1) is 16.6. The molecule has 0 spiro atoms. The number of benzene rings is 2. The molecule has 23 heavy (non-hydrogen) atoms. The number of aromatic carboxylic acids is 1. The molecule has 0 aromatic heterocycles. The summed E-state index contributed by atoms with van der Waals surface area (Å²) < 4.78 is 37.4. The third-order valence-electron chi connectivity index (χ3n) is 3.01. The number of rotatable bonds is 6. The Morgan fingerprint density at radius 1 is 1.04 bits per heavy atom. The number of methoxy groups -OCH3 is 2. The topological polar surface area (TPSA) is 102 Å². The zero-order valence-corrected chi connectivity index (χ0v) is 13.3. The number of hydrogen-bond donors (Lipinski definition) is 2. The summed E-state index contributed by atoms with van der Waals surface area (Å²) in [6.07, 6.45) is 0. The molecule has 0 amide bonds. The highest BCUT2D eigenvalue weighted by Crippen LogP contribution is 2.28. The highest BCUT2D eigenvalue weighted by atomic mass is 32.2. The average molecular weight is 337 g/mol. The molecule has 0 aliphatic rings. The van der Waals surface area contributed by atoms with E-state index >= 15 is 0 Å². The molecule has 0 saturated heterocycles. The summed E-state index contributed by atoms with van der Waals surface area (Å²) >= 11 is 0. The van der Waals surface area contributed by atoms with Crippen LogP contribution in [0.2, 0.25) is 0 Å². The molecule has 2 rings (SSSR count). The Kier molecular flexibility index (Phi) is 4.75. The minimum Gasteiger partial charge on any atom is -0.497 e. The second-order valence-electron chi connectivity index (χ2n) is 4.51. The summed E-state index contributed by atoms with van der Waals surface area (Å²) in [7, 11) is -1.21. The van der Waals surface area contributed by atoms with Crippen LogP contribution in [0.1, 0.15) is 10.4 Å². The predicted molar refractivity (Wildman–Crippen MR) is 83.8 cm³/mol. The number of hydrogen-bond acceptors (Lipinski definition) is 5. The lowest BCUT2D eigenvalue weighted by Gasteiger charge is -2.12. The Morgan fingerprint density at radius 3 is 2.13 bits per heavy atom. The van der Waals surface area contributed by atoms with Crippen molar-refractivity contribution in [2.24, 2.45) is 0 Å². The maximum absolute atomic E-state index is 12.5. The van der Waals surface area contributed by atoms with Crippen molar-refractivity contribution in [3.8, 4) is 11.5 Å². The summed E-state index contributed by atoms with van der Waals surface area (Å²) in [4.78, 5) is 10.9. The van der Waals surface area contributed by atoms with E-state index in [9.17, 15) is 13.2 Å². The number of sulfonamides is 1. The fourth-order valence-electron chi connectivity index (χ4n) is 1.95. The van der Waals surface area contributed by atoms with Crippen LogP contribution in [-0.2, 0) is 10.0 Å². The first-order chi connectivity index (χ1) is 10.9. The standard InChI is InChI=1S/C15H15NO6S/c1-21-11-7-10(8-12(9-11)22-2)16-23(19,20)14-6-4-3-5-13(14)15(17)18/h3-9,16H,1-2H3,(H,17,18). The van der Waals surface area contributed by atoms with E-state index in [1.165, 1.54) is 50.6 Å². The van der Waals surface area contributed by atoms with Crippen LogP contribution in [0.5, 0.6) is 11.5 Å².